The summed E-state index contributed by atoms with van der Waals surface area (Å²) in [4.78, 5) is 6.10. The first-order chi connectivity index (χ1) is 12.2. The number of nitrogens with zero attached hydrogens (tertiary/aromatic N) is 2. The van der Waals surface area contributed by atoms with Crippen LogP contribution in [0.4, 0.5) is 5.69 Å². The van der Waals surface area contributed by atoms with Crippen molar-refractivity contribution in [3.63, 3.8) is 0 Å². The Labute approximate surface area is 159 Å². The second kappa shape index (κ2) is 9.48. The summed E-state index contributed by atoms with van der Waals surface area (Å²) in [7, 11) is 2.19. The summed E-state index contributed by atoms with van der Waals surface area (Å²) in [6.45, 7) is 5.61. The molecule has 3 nitrogen and oxygen atoms in total. The third-order valence-corrected chi connectivity index (χ3v) is 5.58. The lowest BCUT2D eigenvalue weighted by molar-refractivity contribution is 0.122. The second-order valence-corrected chi connectivity index (χ2v) is 7.87. The molecule has 25 heavy (non-hydrogen) atoms. The Morgan fingerprint density at radius 1 is 1.08 bits per heavy atom. The Kier molecular flexibility index (Phi) is 7.05. The van der Waals surface area contributed by atoms with E-state index in [1.165, 1.54) is 16.1 Å². The molecule has 0 amide bonds. The summed E-state index contributed by atoms with van der Waals surface area (Å²) in [5, 5.41) is 0.793. The van der Waals surface area contributed by atoms with Gasteiger partial charge in [-0.1, -0.05) is 29.8 Å². The van der Waals surface area contributed by atoms with Crippen LogP contribution in [0.3, 0.4) is 0 Å². The van der Waals surface area contributed by atoms with Gasteiger partial charge in [-0.25, -0.2) is 0 Å². The van der Waals surface area contributed by atoms with Gasteiger partial charge in [0.1, 0.15) is 0 Å². The minimum absolute atomic E-state index is 0.793. The van der Waals surface area contributed by atoms with Crippen molar-refractivity contribution in [3.8, 4) is 0 Å². The maximum Gasteiger partial charge on any atom is 0.0642 e. The topological polar surface area (TPSA) is 15.7 Å². The van der Waals surface area contributed by atoms with Crippen LogP contribution in [-0.4, -0.2) is 50.5 Å². The van der Waals surface area contributed by atoms with Gasteiger partial charge in [0, 0.05) is 47.5 Å². The molecule has 1 aliphatic heterocycles. The number of morpholine rings is 1. The normalized spacial score (nSPS) is 14.9. The van der Waals surface area contributed by atoms with Crippen LogP contribution in [0.25, 0.3) is 0 Å². The molecule has 2 aromatic rings. The van der Waals surface area contributed by atoms with Crippen molar-refractivity contribution in [2.24, 2.45) is 0 Å². The van der Waals surface area contributed by atoms with Crippen LogP contribution < -0.4 is 4.90 Å². The van der Waals surface area contributed by atoms with Crippen molar-refractivity contribution in [3.05, 3.63) is 59.1 Å². The minimum Gasteiger partial charge on any atom is -0.378 e. The highest BCUT2D eigenvalue weighted by Crippen LogP contribution is 2.24. The van der Waals surface area contributed by atoms with Crippen molar-refractivity contribution in [2.45, 2.75) is 11.4 Å². The lowest BCUT2D eigenvalue weighted by Crippen LogP contribution is -2.37. The van der Waals surface area contributed by atoms with E-state index in [9.17, 15) is 0 Å². The quantitative estimate of drug-likeness (QED) is 0.665. The number of hydrogen-bond donors (Lipinski definition) is 0. The number of hydrogen-bond acceptors (Lipinski definition) is 4. The van der Waals surface area contributed by atoms with Gasteiger partial charge in [-0.2, -0.15) is 0 Å². The maximum atomic E-state index is 5.94. The SMILES string of the molecule is CN(CCSc1ccc(Cl)cc1)Cc1ccccc1N1CCOCC1. The summed E-state index contributed by atoms with van der Waals surface area (Å²) in [6.07, 6.45) is 0. The van der Waals surface area contributed by atoms with Gasteiger partial charge >= 0.3 is 0 Å². The Morgan fingerprint density at radius 2 is 1.80 bits per heavy atom. The maximum absolute atomic E-state index is 5.94. The summed E-state index contributed by atoms with van der Waals surface area (Å²) < 4.78 is 5.48. The van der Waals surface area contributed by atoms with Gasteiger partial charge in [0.2, 0.25) is 0 Å². The van der Waals surface area contributed by atoms with Crippen molar-refractivity contribution in [2.75, 3.05) is 50.5 Å². The highest BCUT2D eigenvalue weighted by Gasteiger charge is 2.15. The van der Waals surface area contributed by atoms with Crippen molar-refractivity contribution < 1.29 is 4.74 Å². The Morgan fingerprint density at radius 3 is 2.56 bits per heavy atom. The van der Waals surface area contributed by atoms with E-state index in [0.29, 0.717) is 0 Å². The predicted octanol–water partition coefficient (Wildman–Crippen LogP) is 4.40. The highest BCUT2D eigenvalue weighted by molar-refractivity contribution is 7.99. The molecule has 0 spiro atoms. The number of anilines is 1. The molecule has 134 valence electrons. The standard InChI is InChI=1S/C20H25ClN2OS/c1-22(12-15-25-19-8-6-18(21)7-9-19)16-17-4-2-3-5-20(17)23-10-13-24-14-11-23/h2-9H,10-16H2,1H3. The first-order valence-corrected chi connectivity index (χ1v) is 10.1. The third kappa shape index (κ3) is 5.65. The van der Waals surface area contributed by atoms with Crippen LogP contribution in [0.1, 0.15) is 5.56 Å². The molecule has 0 radical (unpaired) electrons. The van der Waals surface area contributed by atoms with Crippen LogP contribution >= 0.6 is 23.4 Å². The molecule has 3 rings (SSSR count). The molecular weight excluding hydrogens is 352 g/mol. The molecule has 1 aliphatic rings. The van der Waals surface area contributed by atoms with Crippen LogP contribution in [-0.2, 0) is 11.3 Å². The number of benzene rings is 2. The molecule has 0 saturated carbocycles. The molecule has 1 fully saturated rings. The monoisotopic (exact) mass is 376 g/mol. The van der Waals surface area contributed by atoms with Crippen LogP contribution in [0.15, 0.2) is 53.4 Å². The van der Waals surface area contributed by atoms with Gasteiger partial charge in [-0.05, 0) is 42.9 Å². The number of para-hydroxylation sites is 1. The molecule has 0 aliphatic carbocycles. The molecule has 1 heterocycles. The number of rotatable bonds is 7. The molecule has 0 aromatic heterocycles. The van der Waals surface area contributed by atoms with E-state index in [4.69, 9.17) is 16.3 Å². The molecule has 0 bridgehead atoms. The first-order valence-electron chi connectivity index (χ1n) is 8.70. The Balaban J connectivity index is 1.52. The molecular formula is C20H25ClN2OS. The molecule has 0 N–H and O–H groups in total. The average Bonchev–Trinajstić information content (AvgIpc) is 2.64. The van der Waals surface area contributed by atoms with Crippen LogP contribution in [0.2, 0.25) is 5.02 Å². The van der Waals surface area contributed by atoms with E-state index in [0.717, 1.165) is 50.2 Å². The van der Waals surface area contributed by atoms with Gasteiger partial charge in [0.25, 0.3) is 0 Å². The van der Waals surface area contributed by atoms with Gasteiger partial charge < -0.3 is 14.5 Å². The minimum atomic E-state index is 0.793. The molecule has 1 saturated heterocycles. The fraction of sp³-hybridized carbons (Fsp3) is 0.400. The van der Waals surface area contributed by atoms with Crippen LogP contribution in [0.5, 0.6) is 0 Å². The third-order valence-electron chi connectivity index (χ3n) is 4.34. The van der Waals surface area contributed by atoms with Crippen molar-refractivity contribution >= 4 is 29.1 Å². The molecule has 5 heteroatoms. The van der Waals surface area contributed by atoms with E-state index in [2.05, 4.69) is 53.2 Å². The predicted molar refractivity (Wildman–Crippen MR) is 108 cm³/mol. The van der Waals surface area contributed by atoms with Gasteiger partial charge in [-0.15, -0.1) is 11.8 Å². The average molecular weight is 377 g/mol. The van der Waals surface area contributed by atoms with E-state index in [1.807, 2.05) is 23.9 Å². The number of halogens is 1. The molecule has 0 atom stereocenters. The lowest BCUT2D eigenvalue weighted by atomic mass is 10.1. The fourth-order valence-corrected chi connectivity index (χ4v) is 4.07. The van der Waals surface area contributed by atoms with Crippen molar-refractivity contribution in [1.29, 1.82) is 0 Å². The Hall–Kier alpha value is -1.20. The highest BCUT2D eigenvalue weighted by atomic mass is 35.5. The van der Waals surface area contributed by atoms with Gasteiger partial charge in [0.15, 0.2) is 0 Å². The number of ether oxygens (including phenoxy) is 1. The van der Waals surface area contributed by atoms with Gasteiger partial charge in [-0.3, -0.25) is 0 Å². The van der Waals surface area contributed by atoms with Crippen LogP contribution in [0, 0.1) is 0 Å². The molecule has 0 unspecified atom stereocenters. The first kappa shape index (κ1) is 18.6. The summed E-state index contributed by atoms with van der Waals surface area (Å²) in [5.74, 6) is 1.07. The number of thioether (sulfide) groups is 1. The largest absolute Gasteiger partial charge is 0.378 e. The summed E-state index contributed by atoms with van der Waals surface area (Å²) in [6, 6.07) is 16.8. The summed E-state index contributed by atoms with van der Waals surface area (Å²) >= 11 is 7.81. The van der Waals surface area contributed by atoms with Crippen molar-refractivity contribution in [1.82, 2.24) is 4.90 Å². The zero-order valence-electron chi connectivity index (χ0n) is 14.7. The Bertz CT molecular complexity index is 659. The summed E-state index contributed by atoms with van der Waals surface area (Å²) in [5.41, 5.74) is 2.74. The van der Waals surface area contributed by atoms with E-state index in [1.54, 1.807) is 0 Å². The van der Waals surface area contributed by atoms with E-state index in [-0.39, 0.29) is 0 Å². The second-order valence-electron chi connectivity index (χ2n) is 6.27. The van der Waals surface area contributed by atoms with Gasteiger partial charge in [0.05, 0.1) is 13.2 Å². The zero-order chi connectivity index (χ0) is 17.5. The fourth-order valence-electron chi connectivity index (χ4n) is 2.98. The smallest absolute Gasteiger partial charge is 0.0642 e. The lowest BCUT2D eigenvalue weighted by Gasteiger charge is -2.31. The van der Waals surface area contributed by atoms with E-state index < -0.39 is 0 Å². The molecule has 2 aromatic carbocycles. The van der Waals surface area contributed by atoms with E-state index >= 15 is 0 Å². The zero-order valence-corrected chi connectivity index (χ0v) is 16.2.